The first kappa shape index (κ1) is 17.3. The van der Waals surface area contributed by atoms with Gasteiger partial charge in [-0.05, 0) is 33.6 Å². The Labute approximate surface area is 113 Å². The third kappa shape index (κ3) is 10.4. The Bertz CT molecular complexity index is 221. The molecule has 0 aromatic rings. The summed E-state index contributed by atoms with van der Waals surface area (Å²) in [4.78, 5) is 11.7. The van der Waals surface area contributed by atoms with Crippen LogP contribution < -0.4 is 5.32 Å². The zero-order valence-electron chi connectivity index (χ0n) is 12.6. The number of ether oxygens (including phenoxy) is 1. The predicted molar refractivity (Wildman–Crippen MR) is 76.5 cm³/mol. The topological polar surface area (TPSA) is 38.3 Å². The third-order valence-electron chi connectivity index (χ3n) is 2.68. The van der Waals surface area contributed by atoms with E-state index in [1.54, 1.807) is 0 Å². The van der Waals surface area contributed by atoms with E-state index in [9.17, 15) is 4.79 Å². The Morgan fingerprint density at radius 3 is 2.33 bits per heavy atom. The maximum atomic E-state index is 11.7. The van der Waals surface area contributed by atoms with Crippen molar-refractivity contribution < 1.29 is 9.53 Å². The van der Waals surface area contributed by atoms with E-state index >= 15 is 0 Å². The monoisotopic (exact) mass is 256 g/mol. The van der Waals surface area contributed by atoms with E-state index in [1.165, 1.54) is 0 Å². The summed E-state index contributed by atoms with van der Waals surface area (Å²) >= 11 is 0. The van der Waals surface area contributed by atoms with Crippen LogP contribution in [0.1, 0.15) is 72.6 Å². The minimum absolute atomic E-state index is 0.242. The van der Waals surface area contributed by atoms with Crippen molar-refractivity contribution in [3.05, 3.63) is 6.92 Å². The van der Waals surface area contributed by atoms with Crippen molar-refractivity contribution in [3.63, 3.8) is 0 Å². The number of hydrogen-bond acceptors (Lipinski definition) is 2. The molecule has 1 amide bonds. The number of amides is 1. The Kier molecular flexibility index (Phi) is 8.86. The molecule has 0 aromatic heterocycles. The van der Waals surface area contributed by atoms with Crippen LogP contribution in [-0.4, -0.2) is 17.7 Å². The van der Waals surface area contributed by atoms with E-state index in [4.69, 9.17) is 4.74 Å². The summed E-state index contributed by atoms with van der Waals surface area (Å²) in [6.07, 6.45) is 7.27. The molecule has 1 atom stereocenters. The molecule has 1 radical (unpaired) electrons. The Balaban J connectivity index is 4.08. The molecule has 3 nitrogen and oxygen atoms in total. The molecule has 18 heavy (non-hydrogen) atoms. The van der Waals surface area contributed by atoms with Gasteiger partial charge in [0.25, 0.3) is 0 Å². The molecule has 0 heterocycles. The number of alkyl carbamates (subject to hydrolysis) is 1. The highest BCUT2D eigenvalue weighted by Crippen LogP contribution is 2.12. The van der Waals surface area contributed by atoms with Crippen molar-refractivity contribution in [2.45, 2.75) is 84.3 Å². The quantitative estimate of drug-likeness (QED) is 0.651. The maximum absolute atomic E-state index is 11.7. The minimum atomic E-state index is -0.424. The van der Waals surface area contributed by atoms with Gasteiger partial charge in [0.2, 0.25) is 0 Å². The fourth-order valence-corrected chi connectivity index (χ4v) is 1.78. The van der Waals surface area contributed by atoms with Gasteiger partial charge in [0, 0.05) is 6.04 Å². The Hall–Kier alpha value is -0.730. The van der Waals surface area contributed by atoms with Crippen LogP contribution in [0.3, 0.4) is 0 Å². The lowest BCUT2D eigenvalue weighted by molar-refractivity contribution is 0.0498. The summed E-state index contributed by atoms with van der Waals surface area (Å²) in [5.74, 6) is 0. The molecule has 3 heteroatoms. The highest BCUT2D eigenvalue weighted by molar-refractivity contribution is 5.68. The van der Waals surface area contributed by atoms with Crippen LogP contribution in [0, 0.1) is 6.92 Å². The van der Waals surface area contributed by atoms with Crippen molar-refractivity contribution in [3.8, 4) is 0 Å². The molecule has 0 bridgehead atoms. The summed E-state index contributed by atoms with van der Waals surface area (Å²) in [6, 6.07) is 0.242. The molecule has 0 aromatic carbocycles. The van der Waals surface area contributed by atoms with Crippen LogP contribution in [0.25, 0.3) is 0 Å². The summed E-state index contributed by atoms with van der Waals surface area (Å²) in [5, 5.41) is 2.99. The number of carbonyl (C=O) groups is 1. The standard InChI is InChI=1S/C15H30NO2/c1-6-8-10-12-13(11-9-7-2)16-14(17)18-15(3,4)5/h13H,1,6-12H2,2-5H3,(H,16,17). The summed E-state index contributed by atoms with van der Waals surface area (Å²) in [7, 11) is 0. The lowest BCUT2D eigenvalue weighted by Gasteiger charge is -2.23. The zero-order valence-corrected chi connectivity index (χ0v) is 12.6. The van der Waals surface area contributed by atoms with Gasteiger partial charge in [-0.2, -0.15) is 0 Å². The average molecular weight is 256 g/mol. The lowest BCUT2D eigenvalue weighted by Crippen LogP contribution is -2.39. The first-order chi connectivity index (χ1) is 8.39. The van der Waals surface area contributed by atoms with E-state index in [1.807, 2.05) is 20.8 Å². The second kappa shape index (κ2) is 9.23. The molecule has 1 unspecified atom stereocenters. The first-order valence-electron chi connectivity index (χ1n) is 7.17. The predicted octanol–water partition coefficient (Wildman–Crippen LogP) is 4.46. The normalized spacial score (nSPS) is 13.2. The molecular weight excluding hydrogens is 226 g/mol. The number of rotatable bonds is 8. The van der Waals surface area contributed by atoms with E-state index in [2.05, 4.69) is 19.2 Å². The second-order valence-electron chi connectivity index (χ2n) is 5.83. The molecule has 0 rings (SSSR count). The van der Waals surface area contributed by atoms with Crippen molar-refractivity contribution in [1.82, 2.24) is 5.32 Å². The van der Waals surface area contributed by atoms with Crippen molar-refractivity contribution in [1.29, 1.82) is 0 Å². The largest absolute Gasteiger partial charge is 0.444 e. The number of unbranched alkanes of at least 4 members (excludes halogenated alkanes) is 3. The van der Waals surface area contributed by atoms with E-state index < -0.39 is 5.60 Å². The van der Waals surface area contributed by atoms with E-state index in [0.717, 1.165) is 44.9 Å². The first-order valence-corrected chi connectivity index (χ1v) is 7.17. The minimum Gasteiger partial charge on any atom is -0.444 e. The van der Waals surface area contributed by atoms with Crippen molar-refractivity contribution >= 4 is 6.09 Å². The average Bonchev–Trinajstić information content (AvgIpc) is 2.23. The highest BCUT2D eigenvalue weighted by Gasteiger charge is 2.18. The maximum Gasteiger partial charge on any atom is 0.407 e. The number of hydrogen-bond donors (Lipinski definition) is 1. The van der Waals surface area contributed by atoms with Gasteiger partial charge in [-0.3, -0.25) is 0 Å². The molecular formula is C15H30NO2. The molecule has 1 N–H and O–H groups in total. The fourth-order valence-electron chi connectivity index (χ4n) is 1.78. The van der Waals surface area contributed by atoms with Gasteiger partial charge < -0.3 is 10.1 Å². The van der Waals surface area contributed by atoms with Crippen LogP contribution in [0.5, 0.6) is 0 Å². The van der Waals surface area contributed by atoms with E-state index in [-0.39, 0.29) is 12.1 Å². The molecule has 0 saturated heterocycles. The lowest BCUT2D eigenvalue weighted by atomic mass is 10.0. The van der Waals surface area contributed by atoms with Crippen molar-refractivity contribution in [2.75, 3.05) is 0 Å². The smallest absolute Gasteiger partial charge is 0.407 e. The van der Waals surface area contributed by atoms with Gasteiger partial charge in [-0.25, -0.2) is 4.79 Å². The van der Waals surface area contributed by atoms with Gasteiger partial charge in [-0.1, -0.05) is 46.0 Å². The van der Waals surface area contributed by atoms with Crippen LogP contribution in [-0.2, 0) is 4.74 Å². The van der Waals surface area contributed by atoms with Gasteiger partial charge in [0.15, 0.2) is 0 Å². The highest BCUT2D eigenvalue weighted by atomic mass is 16.6. The van der Waals surface area contributed by atoms with E-state index in [0.29, 0.717) is 0 Å². The van der Waals surface area contributed by atoms with Crippen LogP contribution in [0.15, 0.2) is 0 Å². The third-order valence-corrected chi connectivity index (χ3v) is 2.68. The number of nitrogens with one attached hydrogen (secondary N) is 1. The Morgan fingerprint density at radius 1 is 1.22 bits per heavy atom. The number of carbonyl (C=O) groups excluding carboxylic acids is 1. The molecule has 0 aliphatic heterocycles. The van der Waals surface area contributed by atoms with Crippen LogP contribution in [0.4, 0.5) is 4.79 Å². The summed E-state index contributed by atoms with van der Waals surface area (Å²) in [6.45, 7) is 11.7. The molecule has 0 spiro atoms. The molecule has 107 valence electrons. The van der Waals surface area contributed by atoms with Gasteiger partial charge >= 0.3 is 6.09 Å². The van der Waals surface area contributed by atoms with Crippen molar-refractivity contribution in [2.24, 2.45) is 0 Å². The van der Waals surface area contributed by atoms with Crippen LogP contribution in [0.2, 0.25) is 0 Å². The fraction of sp³-hybridized carbons (Fsp3) is 0.867. The van der Waals surface area contributed by atoms with Crippen LogP contribution >= 0.6 is 0 Å². The molecule has 0 aliphatic rings. The van der Waals surface area contributed by atoms with Gasteiger partial charge in [-0.15, -0.1) is 0 Å². The summed E-state index contributed by atoms with van der Waals surface area (Å²) < 4.78 is 5.29. The second-order valence-corrected chi connectivity index (χ2v) is 5.83. The molecule has 0 aliphatic carbocycles. The summed E-state index contributed by atoms with van der Waals surface area (Å²) in [5.41, 5.74) is -0.424. The molecule has 0 saturated carbocycles. The van der Waals surface area contributed by atoms with Gasteiger partial charge in [0.05, 0.1) is 0 Å². The molecule has 0 fully saturated rings. The zero-order chi connectivity index (χ0) is 14.0. The van der Waals surface area contributed by atoms with Gasteiger partial charge in [0.1, 0.15) is 5.60 Å². The SMILES string of the molecule is [CH2]CCCCC(CCCC)NC(=O)OC(C)(C)C. The Morgan fingerprint density at radius 2 is 1.83 bits per heavy atom.